The zero-order valence-electron chi connectivity index (χ0n) is 11.5. The lowest BCUT2D eigenvalue weighted by Gasteiger charge is -2.26. The molecule has 102 valence electrons. The van der Waals surface area contributed by atoms with Gasteiger partial charge in [0.15, 0.2) is 0 Å². The van der Waals surface area contributed by atoms with Gasteiger partial charge in [-0.15, -0.1) is 0 Å². The molecule has 0 spiro atoms. The summed E-state index contributed by atoms with van der Waals surface area (Å²) < 4.78 is 1.86. The molecule has 0 aliphatic carbocycles. The maximum absolute atomic E-state index is 12.0. The van der Waals surface area contributed by atoms with E-state index in [1.807, 2.05) is 23.6 Å². The monoisotopic (exact) mass is 259 g/mol. The van der Waals surface area contributed by atoms with Gasteiger partial charge in [0.2, 0.25) is 0 Å². The van der Waals surface area contributed by atoms with Gasteiger partial charge in [0.05, 0.1) is 11.0 Å². The quantitative estimate of drug-likeness (QED) is 0.917. The average molecular weight is 259 g/mol. The van der Waals surface area contributed by atoms with Crippen LogP contribution in [0.2, 0.25) is 0 Å². The van der Waals surface area contributed by atoms with Crippen LogP contribution in [0.5, 0.6) is 0 Å². The van der Waals surface area contributed by atoms with E-state index >= 15 is 0 Å². The van der Waals surface area contributed by atoms with Gasteiger partial charge in [-0.2, -0.15) is 0 Å². The second-order valence-electron chi connectivity index (χ2n) is 5.50. The van der Waals surface area contributed by atoms with Gasteiger partial charge in [-0.25, -0.2) is 4.79 Å². The summed E-state index contributed by atoms with van der Waals surface area (Å²) in [5.74, 6) is 0. The Hall–Kier alpha value is -1.55. The smallest absolute Gasteiger partial charge is 0.306 e. The van der Waals surface area contributed by atoms with E-state index in [0.717, 1.165) is 24.1 Å². The van der Waals surface area contributed by atoms with Crippen LogP contribution >= 0.6 is 0 Å². The number of nitrogens with zero attached hydrogens (tertiary/aromatic N) is 2. The maximum atomic E-state index is 12.0. The van der Waals surface area contributed by atoms with Gasteiger partial charge < -0.3 is 9.88 Å². The van der Waals surface area contributed by atoms with Crippen LogP contribution in [0.15, 0.2) is 23.0 Å². The molecule has 3 rings (SSSR count). The van der Waals surface area contributed by atoms with Crippen molar-refractivity contribution in [2.24, 2.45) is 0 Å². The first-order chi connectivity index (χ1) is 9.24. The minimum absolute atomic E-state index is 0.0117. The molecule has 4 heteroatoms. The first-order valence-corrected chi connectivity index (χ1v) is 7.15. The molecule has 1 fully saturated rings. The summed E-state index contributed by atoms with van der Waals surface area (Å²) in [4.78, 5) is 17.4. The van der Waals surface area contributed by atoms with Crippen molar-refractivity contribution in [3.8, 4) is 0 Å². The highest BCUT2D eigenvalue weighted by Crippen LogP contribution is 2.13. The Labute approximate surface area is 113 Å². The molecule has 0 atom stereocenters. The highest BCUT2D eigenvalue weighted by molar-refractivity contribution is 5.75. The van der Waals surface area contributed by atoms with Gasteiger partial charge in [-0.05, 0) is 50.6 Å². The first kappa shape index (κ1) is 12.5. The van der Waals surface area contributed by atoms with E-state index in [4.69, 9.17) is 0 Å². The van der Waals surface area contributed by atoms with Crippen molar-refractivity contribution < 1.29 is 0 Å². The zero-order valence-corrected chi connectivity index (χ0v) is 11.5. The number of aromatic nitrogens is 2. The van der Waals surface area contributed by atoms with Crippen LogP contribution in [0, 0.1) is 6.92 Å². The van der Waals surface area contributed by atoms with Crippen LogP contribution < -0.4 is 5.69 Å². The molecular formula is C15H21N3O. The lowest BCUT2D eigenvalue weighted by Crippen LogP contribution is -2.34. The molecule has 1 aliphatic heterocycles. The molecule has 1 N–H and O–H groups in total. The van der Waals surface area contributed by atoms with E-state index in [1.54, 1.807) is 0 Å². The third-order valence-electron chi connectivity index (χ3n) is 4.02. The number of hydrogen-bond donors (Lipinski definition) is 1. The van der Waals surface area contributed by atoms with Gasteiger partial charge in [0.1, 0.15) is 0 Å². The fraction of sp³-hybridized carbons (Fsp3) is 0.533. The summed E-state index contributed by atoms with van der Waals surface area (Å²) in [6.07, 6.45) is 3.94. The third kappa shape index (κ3) is 2.59. The van der Waals surface area contributed by atoms with Crippen LogP contribution in [-0.4, -0.2) is 34.1 Å². The van der Waals surface area contributed by atoms with Crippen LogP contribution in [0.3, 0.4) is 0 Å². The molecule has 19 heavy (non-hydrogen) atoms. The Morgan fingerprint density at radius 3 is 2.74 bits per heavy atom. The van der Waals surface area contributed by atoms with Gasteiger partial charge in [-0.1, -0.05) is 12.5 Å². The van der Waals surface area contributed by atoms with Crippen molar-refractivity contribution in [1.29, 1.82) is 0 Å². The van der Waals surface area contributed by atoms with Crippen molar-refractivity contribution in [2.45, 2.75) is 32.7 Å². The van der Waals surface area contributed by atoms with E-state index in [-0.39, 0.29) is 5.69 Å². The van der Waals surface area contributed by atoms with E-state index in [9.17, 15) is 4.79 Å². The molecule has 2 aromatic rings. The van der Waals surface area contributed by atoms with Crippen LogP contribution in [-0.2, 0) is 6.54 Å². The summed E-state index contributed by atoms with van der Waals surface area (Å²) in [6, 6.07) is 6.14. The van der Waals surface area contributed by atoms with E-state index < -0.39 is 0 Å². The summed E-state index contributed by atoms with van der Waals surface area (Å²) in [6.45, 7) is 6.15. The number of aryl methyl sites for hydroxylation is 1. The van der Waals surface area contributed by atoms with Crippen molar-refractivity contribution in [1.82, 2.24) is 14.5 Å². The first-order valence-electron chi connectivity index (χ1n) is 7.15. The number of fused-ring (bicyclic) bond motifs is 1. The molecule has 0 amide bonds. The topological polar surface area (TPSA) is 41.0 Å². The molecule has 1 saturated heterocycles. The van der Waals surface area contributed by atoms with Gasteiger partial charge in [-0.3, -0.25) is 4.57 Å². The Kier molecular flexibility index (Phi) is 3.42. The van der Waals surface area contributed by atoms with Crippen molar-refractivity contribution in [2.75, 3.05) is 19.6 Å². The van der Waals surface area contributed by atoms with E-state index in [1.165, 1.54) is 37.9 Å². The minimum Gasteiger partial charge on any atom is -0.306 e. The Morgan fingerprint density at radius 1 is 1.16 bits per heavy atom. The summed E-state index contributed by atoms with van der Waals surface area (Å²) >= 11 is 0. The lowest BCUT2D eigenvalue weighted by atomic mass is 10.1. The van der Waals surface area contributed by atoms with Gasteiger partial charge in [0.25, 0.3) is 0 Å². The lowest BCUT2D eigenvalue weighted by molar-refractivity contribution is 0.221. The maximum Gasteiger partial charge on any atom is 0.326 e. The Bertz CT molecular complexity index is 620. The number of nitrogens with one attached hydrogen (secondary N) is 1. The molecule has 4 nitrogen and oxygen atoms in total. The number of aromatic amines is 1. The largest absolute Gasteiger partial charge is 0.326 e. The van der Waals surface area contributed by atoms with Crippen molar-refractivity contribution in [3.05, 3.63) is 34.2 Å². The van der Waals surface area contributed by atoms with Gasteiger partial charge in [0, 0.05) is 13.1 Å². The molecule has 2 heterocycles. The molecule has 1 aromatic heterocycles. The van der Waals surface area contributed by atoms with Crippen LogP contribution in [0.1, 0.15) is 24.8 Å². The predicted molar refractivity (Wildman–Crippen MR) is 77.6 cm³/mol. The van der Waals surface area contributed by atoms with Crippen LogP contribution in [0.4, 0.5) is 0 Å². The summed E-state index contributed by atoms with van der Waals surface area (Å²) in [7, 11) is 0. The second kappa shape index (κ2) is 5.21. The Morgan fingerprint density at radius 2 is 1.95 bits per heavy atom. The molecule has 1 aromatic carbocycles. The number of rotatable bonds is 3. The molecule has 1 aliphatic rings. The molecular weight excluding hydrogens is 238 g/mol. The summed E-state index contributed by atoms with van der Waals surface area (Å²) in [5.41, 5.74) is 3.16. The van der Waals surface area contributed by atoms with Crippen molar-refractivity contribution in [3.63, 3.8) is 0 Å². The van der Waals surface area contributed by atoms with Gasteiger partial charge >= 0.3 is 5.69 Å². The number of H-pyrrole nitrogens is 1. The van der Waals surface area contributed by atoms with Crippen LogP contribution in [0.25, 0.3) is 11.0 Å². The highest BCUT2D eigenvalue weighted by atomic mass is 16.1. The number of imidazole rings is 1. The number of benzene rings is 1. The standard InChI is InChI=1S/C15H21N3O/c1-12-5-6-14-13(11-12)16-15(19)18(14)10-9-17-7-3-2-4-8-17/h5-6,11H,2-4,7-10H2,1H3,(H,16,19). The predicted octanol–water partition coefficient (Wildman–Crippen LogP) is 2.12. The third-order valence-corrected chi connectivity index (χ3v) is 4.02. The number of piperidine rings is 1. The van der Waals surface area contributed by atoms with E-state index in [2.05, 4.69) is 16.0 Å². The second-order valence-corrected chi connectivity index (χ2v) is 5.50. The normalized spacial score (nSPS) is 17.1. The molecule has 0 radical (unpaired) electrons. The molecule has 0 unspecified atom stereocenters. The fourth-order valence-corrected chi connectivity index (χ4v) is 2.92. The van der Waals surface area contributed by atoms with Crippen molar-refractivity contribution >= 4 is 11.0 Å². The zero-order chi connectivity index (χ0) is 13.2. The highest BCUT2D eigenvalue weighted by Gasteiger charge is 2.12. The average Bonchev–Trinajstić information content (AvgIpc) is 2.72. The molecule has 0 bridgehead atoms. The molecule has 0 saturated carbocycles. The Balaban J connectivity index is 1.80. The SMILES string of the molecule is Cc1ccc2c(c1)[nH]c(=O)n2CCN1CCCCC1. The number of likely N-dealkylation sites (tertiary alicyclic amines) is 1. The summed E-state index contributed by atoms with van der Waals surface area (Å²) in [5, 5.41) is 0. The number of hydrogen-bond acceptors (Lipinski definition) is 2. The van der Waals surface area contributed by atoms with E-state index in [0.29, 0.717) is 0 Å². The minimum atomic E-state index is 0.0117. The fourth-order valence-electron chi connectivity index (χ4n) is 2.92.